The average Bonchev–Trinajstić information content (AvgIpc) is 3.22. The molecule has 0 amide bonds. The molecule has 128 valence electrons. The van der Waals surface area contributed by atoms with Crippen LogP contribution >= 0.6 is 11.6 Å². The lowest BCUT2D eigenvalue weighted by atomic mass is 10.0. The molecule has 0 unspecified atom stereocenters. The van der Waals surface area contributed by atoms with Gasteiger partial charge in [0.15, 0.2) is 5.76 Å². The number of ether oxygens (including phenoxy) is 1. The predicted octanol–water partition coefficient (Wildman–Crippen LogP) is 2.21. The van der Waals surface area contributed by atoms with Gasteiger partial charge in [0.25, 0.3) is 0 Å². The number of hydrogen-bond acceptors (Lipinski definition) is 3. The summed E-state index contributed by atoms with van der Waals surface area (Å²) in [5.41, 5.74) is 1.92. The number of ketones is 1. The fourth-order valence-electron chi connectivity index (χ4n) is 3.47. The first-order valence-electron chi connectivity index (χ1n) is 8.48. The average molecular weight is 356 g/mol. The number of carbonyl (C=O) groups excluding carboxylic acids is 1. The number of hydrogen-bond donors (Lipinski definition) is 1. The predicted molar refractivity (Wildman–Crippen MR) is 93.9 cm³/mol. The quantitative estimate of drug-likeness (QED) is 0.859. The first-order valence-corrected chi connectivity index (χ1v) is 8.86. The van der Waals surface area contributed by atoms with E-state index in [0.29, 0.717) is 28.4 Å². The smallest absolute Gasteiger partial charge is 0.231 e. The maximum atomic E-state index is 12.6. The molecule has 0 saturated carbocycles. The molecule has 0 radical (unpaired) electrons. The Kier molecular flexibility index (Phi) is 4.24. The van der Waals surface area contributed by atoms with Gasteiger partial charge in [0.05, 0.1) is 18.7 Å². The van der Waals surface area contributed by atoms with E-state index in [9.17, 15) is 9.90 Å². The molecular weight excluding hydrogens is 338 g/mol. The van der Waals surface area contributed by atoms with E-state index in [1.54, 1.807) is 24.3 Å². The molecule has 1 N–H and O–H groups in total. The highest BCUT2D eigenvalue weighted by molar-refractivity contribution is 6.30. The molecule has 4 rings (SSSR count). The maximum Gasteiger partial charge on any atom is 0.231 e. The van der Waals surface area contributed by atoms with Crippen LogP contribution in [-0.4, -0.2) is 18.9 Å². The second-order valence-corrected chi connectivity index (χ2v) is 6.98. The number of nitrogens with one attached hydrogen (secondary N) is 1. The third kappa shape index (κ3) is 3.15. The highest BCUT2D eigenvalue weighted by Gasteiger charge is 2.31. The number of allylic oxidation sites excluding steroid dienone is 1. The fraction of sp³-hybridized carbons (Fsp3) is 0.250. The second-order valence-electron chi connectivity index (χ2n) is 6.54. The van der Waals surface area contributed by atoms with Gasteiger partial charge in [-0.2, -0.15) is 0 Å². The van der Waals surface area contributed by atoms with Gasteiger partial charge in [0.2, 0.25) is 5.78 Å². The largest absolute Gasteiger partial charge is 0.872 e. The Morgan fingerprint density at radius 1 is 1.12 bits per heavy atom. The van der Waals surface area contributed by atoms with E-state index in [2.05, 4.69) is 0 Å². The summed E-state index contributed by atoms with van der Waals surface area (Å²) in [6, 6.07) is 10.2. The number of Topliss-reactive ketones (excluding diaryl/α,β-unsaturated/α-hetero) is 1. The van der Waals surface area contributed by atoms with Crippen molar-refractivity contribution in [3.8, 4) is 11.5 Å². The van der Waals surface area contributed by atoms with Gasteiger partial charge in [0.1, 0.15) is 12.3 Å². The van der Waals surface area contributed by atoms with E-state index in [-0.39, 0.29) is 17.3 Å². The Morgan fingerprint density at radius 2 is 1.84 bits per heavy atom. The van der Waals surface area contributed by atoms with Gasteiger partial charge < -0.3 is 14.7 Å². The minimum Gasteiger partial charge on any atom is -0.872 e. The molecule has 1 fully saturated rings. The van der Waals surface area contributed by atoms with Crippen LogP contribution in [0.25, 0.3) is 6.08 Å². The summed E-state index contributed by atoms with van der Waals surface area (Å²) < 4.78 is 5.84. The molecular formula is C20H18ClNO3. The third-order valence-electron chi connectivity index (χ3n) is 4.80. The number of halogens is 1. The second kappa shape index (κ2) is 6.54. The Morgan fingerprint density at radius 3 is 2.56 bits per heavy atom. The minimum atomic E-state index is -0.178. The van der Waals surface area contributed by atoms with Crippen molar-refractivity contribution in [3.63, 3.8) is 0 Å². The van der Waals surface area contributed by atoms with Crippen molar-refractivity contribution < 1.29 is 19.5 Å². The standard InChI is InChI=1S/C20H18ClNO3/c21-14-5-3-13(4-6-14)11-18-19(24)15-7-8-17(23)16(20(15)25-18)12-22-9-1-2-10-22/h3-8,11,23H,1-2,9-10,12H2. The van der Waals surface area contributed by atoms with E-state index in [0.717, 1.165) is 18.7 Å². The van der Waals surface area contributed by atoms with Crippen molar-refractivity contribution in [2.75, 3.05) is 13.1 Å². The summed E-state index contributed by atoms with van der Waals surface area (Å²) in [5, 5.41) is 13.0. The number of fused-ring (bicyclic) bond motifs is 1. The highest BCUT2D eigenvalue weighted by Crippen LogP contribution is 2.38. The molecule has 2 heterocycles. The Bertz CT molecular complexity index is 852. The van der Waals surface area contributed by atoms with Crippen LogP contribution in [0.3, 0.4) is 0 Å². The zero-order chi connectivity index (χ0) is 17.4. The Hall–Kier alpha value is -2.30. The van der Waals surface area contributed by atoms with Crippen LogP contribution in [0.1, 0.15) is 34.3 Å². The number of rotatable bonds is 3. The van der Waals surface area contributed by atoms with Crippen molar-refractivity contribution in [2.24, 2.45) is 0 Å². The van der Waals surface area contributed by atoms with Gasteiger partial charge in [-0.15, -0.1) is 0 Å². The van der Waals surface area contributed by atoms with Gasteiger partial charge in [-0.1, -0.05) is 35.5 Å². The van der Waals surface area contributed by atoms with Crippen molar-refractivity contribution >= 4 is 23.5 Å². The topological polar surface area (TPSA) is 53.8 Å². The van der Waals surface area contributed by atoms with E-state index in [1.807, 2.05) is 12.1 Å². The first kappa shape index (κ1) is 16.2. The van der Waals surface area contributed by atoms with Crippen molar-refractivity contribution in [1.82, 2.24) is 0 Å². The molecule has 2 aromatic rings. The van der Waals surface area contributed by atoms with Gasteiger partial charge in [-0.05, 0) is 29.8 Å². The SMILES string of the molecule is O=C1C(=Cc2ccc(Cl)cc2)Oc2c1ccc([O-])c2C[NH+]1CCCC1. The number of quaternary nitrogens is 1. The van der Waals surface area contributed by atoms with Crippen molar-refractivity contribution in [3.05, 3.63) is 63.9 Å². The first-order chi connectivity index (χ1) is 12.1. The molecule has 0 spiro atoms. The minimum absolute atomic E-state index is 0.0568. The molecule has 2 aromatic carbocycles. The van der Waals surface area contributed by atoms with Crippen LogP contribution in [-0.2, 0) is 6.54 Å². The zero-order valence-corrected chi connectivity index (χ0v) is 14.4. The summed E-state index contributed by atoms with van der Waals surface area (Å²) in [5.74, 6) is 0.457. The van der Waals surface area contributed by atoms with Crippen molar-refractivity contribution in [1.29, 1.82) is 0 Å². The number of carbonyl (C=O) groups is 1. The van der Waals surface area contributed by atoms with Gasteiger partial charge in [-0.3, -0.25) is 4.79 Å². The van der Waals surface area contributed by atoms with Crippen molar-refractivity contribution in [2.45, 2.75) is 19.4 Å². The lowest BCUT2D eigenvalue weighted by Crippen LogP contribution is -3.08. The summed E-state index contributed by atoms with van der Waals surface area (Å²) in [7, 11) is 0. The third-order valence-corrected chi connectivity index (χ3v) is 5.06. The van der Waals surface area contributed by atoms with Crippen LogP contribution in [0.2, 0.25) is 5.02 Å². The molecule has 2 aliphatic heterocycles. The van der Waals surface area contributed by atoms with Crippen LogP contribution in [0.5, 0.6) is 11.5 Å². The van der Waals surface area contributed by atoms with Crippen LogP contribution in [0.15, 0.2) is 42.2 Å². The Balaban J connectivity index is 1.67. The van der Waals surface area contributed by atoms with E-state index in [1.165, 1.54) is 23.8 Å². The summed E-state index contributed by atoms with van der Waals surface area (Å²) in [6.07, 6.45) is 4.05. The highest BCUT2D eigenvalue weighted by atomic mass is 35.5. The summed E-state index contributed by atoms with van der Waals surface area (Å²) >= 11 is 5.89. The van der Waals surface area contributed by atoms with Gasteiger partial charge >= 0.3 is 0 Å². The van der Waals surface area contributed by atoms with Gasteiger partial charge in [0, 0.05) is 23.4 Å². The van der Waals surface area contributed by atoms with E-state index < -0.39 is 0 Å². The fourth-order valence-corrected chi connectivity index (χ4v) is 3.59. The van der Waals surface area contributed by atoms with E-state index >= 15 is 0 Å². The molecule has 0 atom stereocenters. The maximum absolute atomic E-state index is 12.6. The summed E-state index contributed by atoms with van der Waals surface area (Å²) in [6.45, 7) is 2.73. The van der Waals surface area contributed by atoms with E-state index in [4.69, 9.17) is 16.3 Å². The molecule has 0 aliphatic carbocycles. The number of benzene rings is 2. The van der Waals surface area contributed by atoms with Gasteiger partial charge in [-0.25, -0.2) is 0 Å². The molecule has 2 aliphatic rings. The molecule has 0 aromatic heterocycles. The molecule has 5 heteroatoms. The molecule has 25 heavy (non-hydrogen) atoms. The number of likely N-dealkylation sites (tertiary alicyclic amines) is 1. The lowest BCUT2D eigenvalue weighted by molar-refractivity contribution is -0.901. The molecule has 1 saturated heterocycles. The lowest BCUT2D eigenvalue weighted by Gasteiger charge is -2.19. The van der Waals surface area contributed by atoms with Crippen LogP contribution in [0, 0.1) is 0 Å². The zero-order valence-electron chi connectivity index (χ0n) is 13.7. The normalized spacial score (nSPS) is 18.6. The monoisotopic (exact) mass is 355 g/mol. The van der Waals surface area contributed by atoms with Crippen LogP contribution in [0.4, 0.5) is 0 Å². The Labute approximate surface area is 151 Å². The molecule has 0 bridgehead atoms. The van der Waals surface area contributed by atoms with Crippen LogP contribution < -0.4 is 14.7 Å². The molecule has 4 nitrogen and oxygen atoms in total. The summed E-state index contributed by atoms with van der Waals surface area (Å²) in [4.78, 5) is 14.0.